The molecule has 0 spiro atoms. The molecule has 2 N–H and O–H groups in total. The van der Waals surface area contributed by atoms with E-state index in [9.17, 15) is 4.79 Å². The van der Waals surface area contributed by atoms with Gasteiger partial charge in [0.1, 0.15) is 17.0 Å². The average Bonchev–Trinajstić information content (AvgIpc) is 2.84. The van der Waals surface area contributed by atoms with Gasteiger partial charge in [0.2, 0.25) is 0 Å². The molecule has 0 radical (unpaired) electrons. The number of benzene rings is 1. The van der Waals surface area contributed by atoms with E-state index in [1.807, 2.05) is 37.4 Å². The molecule has 4 rings (SSSR count). The summed E-state index contributed by atoms with van der Waals surface area (Å²) in [5.74, 6) is 2.44. The molecule has 164 valence electrons. The zero-order valence-corrected chi connectivity index (χ0v) is 18.3. The fraction of sp³-hybridized carbons (Fsp3) is 0.217. The van der Waals surface area contributed by atoms with Gasteiger partial charge in [-0.3, -0.25) is 4.79 Å². The second-order valence-electron chi connectivity index (χ2n) is 7.13. The van der Waals surface area contributed by atoms with Crippen LogP contribution in [0.2, 0.25) is 0 Å². The van der Waals surface area contributed by atoms with Gasteiger partial charge >= 0.3 is 0 Å². The van der Waals surface area contributed by atoms with Gasteiger partial charge < -0.3 is 24.7 Å². The van der Waals surface area contributed by atoms with Gasteiger partial charge in [-0.05, 0) is 42.0 Å². The summed E-state index contributed by atoms with van der Waals surface area (Å²) < 4.78 is 12.2. The smallest absolute Gasteiger partial charge is 0.264 e. The van der Waals surface area contributed by atoms with E-state index in [-0.39, 0.29) is 5.56 Å². The maximum absolute atomic E-state index is 12.9. The Bertz CT molecular complexity index is 1340. The van der Waals surface area contributed by atoms with Crippen molar-refractivity contribution in [2.45, 2.75) is 6.54 Å². The summed E-state index contributed by atoms with van der Waals surface area (Å²) in [5, 5.41) is 6.76. The van der Waals surface area contributed by atoms with Gasteiger partial charge in [0.05, 0.1) is 31.8 Å². The molecular formula is C23H24N6O3. The Balaban J connectivity index is 1.81. The van der Waals surface area contributed by atoms with Gasteiger partial charge in [-0.15, -0.1) is 0 Å². The Morgan fingerprint density at radius 3 is 2.59 bits per heavy atom. The van der Waals surface area contributed by atoms with Crippen LogP contribution < -0.4 is 25.7 Å². The molecule has 4 aromatic rings. The van der Waals surface area contributed by atoms with E-state index in [1.165, 1.54) is 10.9 Å². The predicted octanol–water partition coefficient (Wildman–Crippen LogP) is 3.06. The van der Waals surface area contributed by atoms with Crippen LogP contribution in [-0.4, -0.2) is 40.8 Å². The summed E-state index contributed by atoms with van der Waals surface area (Å²) in [6.45, 7) is 0.465. The number of aryl methyl sites for hydroxylation is 1. The monoisotopic (exact) mass is 432 g/mol. The maximum Gasteiger partial charge on any atom is 0.264 e. The molecule has 3 heterocycles. The SMILES string of the molecule is CNc1cc(CNc2nc(-c3ccc(OC)c(OC)c3)cc3ncn(C)c(=O)c23)ccn1. The number of hydrogen-bond donors (Lipinski definition) is 2. The Morgan fingerprint density at radius 2 is 1.84 bits per heavy atom. The first kappa shape index (κ1) is 21.1. The summed E-state index contributed by atoms with van der Waals surface area (Å²) in [7, 11) is 6.66. The lowest BCUT2D eigenvalue weighted by Crippen LogP contribution is -2.19. The van der Waals surface area contributed by atoms with Crippen LogP contribution in [0.4, 0.5) is 11.6 Å². The van der Waals surface area contributed by atoms with Gasteiger partial charge in [0, 0.05) is 32.4 Å². The minimum absolute atomic E-state index is 0.172. The van der Waals surface area contributed by atoms with Crippen LogP contribution in [0.5, 0.6) is 11.5 Å². The van der Waals surface area contributed by atoms with Gasteiger partial charge in [-0.25, -0.2) is 15.0 Å². The number of nitrogens with one attached hydrogen (secondary N) is 2. The minimum atomic E-state index is -0.172. The van der Waals surface area contributed by atoms with Crippen LogP contribution >= 0.6 is 0 Å². The van der Waals surface area contributed by atoms with Gasteiger partial charge in [-0.2, -0.15) is 0 Å². The number of pyridine rings is 2. The largest absolute Gasteiger partial charge is 0.493 e. The molecule has 0 saturated carbocycles. The number of fused-ring (bicyclic) bond motifs is 1. The Labute approximate surface area is 185 Å². The molecule has 0 aliphatic carbocycles. The van der Waals surface area contributed by atoms with Gasteiger partial charge in [0.25, 0.3) is 5.56 Å². The van der Waals surface area contributed by atoms with Crippen LogP contribution in [0, 0.1) is 0 Å². The highest BCUT2D eigenvalue weighted by molar-refractivity contribution is 5.91. The Kier molecular flexibility index (Phi) is 5.89. The van der Waals surface area contributed by atoms with Crippen LogP contribution in [0.25, 0.3) is 22.2 Å². The maximum atomic E-state index is 12.9. The van der Waals surface area contributed by atoms with Gasteiger partial charge in [0.15, 0.2) is 11.5 Å². The second kappa shape index (κ2) is 8.93. The van der Waals surface area contributed by atoms with Crippen molar-refractivity contribution in [3.8, 4) is 22.8 Å². The summed E-state index contributed by atoms with van der Waals surface area (Å²) in [6.07, 6.45) is 3.24. The molecule has 0 amide bonds. The molecule has 0 aliphatic heterocycles. The average molecular weight is 432 g/mol. The zero-order valence-electron chi connectivity index (χ0n) is 18.3. The molecule has 3 aromatic heterocycles. The van der Waals surface area contributed by atoms with Crippen molar-refractivity contribution in [1.29, 1.82) is 0 Å². The lowest BCUT2D eigenvalue weighted by Gasteiger charge is -2.13. The van der Waals surface area contributed by atoms with E-state index >= 15 is 0 Å². The summed E-state index contributed by atoms with van der Waals surface area (Å²) >= 11 is 0. The second-order valence-corrected chi connectivity index (χ2v) is 7.13. The van der Waals surface area contributed by atoms with E-state index in [0.29, 0.717) is 40.5 Å². The molecule has 1 aromatic carbocycles. The lowest BCUT2D eigenvalue weighted by molar-refractivity contribution is 0.355. The van der Waals surface area contributed by atoms with E-state index in [2.05, 4.69) is 20.6 Å². The number of nitrogens with zero attached hydrogens (tertiary/aromatic N) is 4. The molecule has 0 unspecified atom stereocenters. The molecule has 32 heavy (non-hydrogen) atoms. The van der Waals surface area contributed by atoms with E-state index in [1.54, 1.807) is 33.5 Å². The molecule has 0 aliphatic rings. The number of aromatic nitrogens is 4. The first-order valence-electron chi connectivity index (χ1n) is 9.99. The molecule has 9 heteroatoms. The molecule has 9 nitrogen and oxygen atoms in total. The standard InChI is InChI=1S/C23H24N6O3/c1-24-20-9-14(7-8-25-20)12-26-22-21-17(27-13-29(2)23(21)30)11-16(28-22)15-5-6-18(31-3)19(10-15)32-4/h5-11,13H,12H2,1-4H3,(H,24,25)(H,26,28). The summed E-state index contributed by atoms with van der Waals surface area (Å²) in [5.41, 5.74) is 2.86. The highest BCUT2D eigenvalue weighted by Crippen LogP contribution is 2.33. The van der Waals surface area contributed by atoms with E-state index in [4.69, 9.17) is 14.5 Å². The number of methoxy groups -OCH3 is 2. The fourth-order valence-corrected chi connectivity index (χ4v) is 3.40. The molecule has 0 saturated heterocycles. The first-order valence-corrected chi connectivity index (χ1v) is 9.99. The van der Waals surface area contributed by atoms with Crippen LogP contribution in [-0.2, 0) is 13.6 Å². The summed E-state index contributed by atoms with van der Waals surface area (Å²) in [6, 6.07) is 11.2. The number of hydrogen-bond acceptors (Lipinski definition) is 8. The van der Waals surface area contributed by atoms with Crippen molar-refractivity contribution in [3.63, 3.8) is 0 Å². The molecule has 0 bridgehead atoms. The third-order valence-electron chi connectivity index (χ3n) is 5.12. The zero-order chi connectivity index (χ0) is 22.7. The van der Waals surface area contributed by atoms with Crippen molar-refractivity contribution in [2.75, 3.05) is 31.9 Å². The van der Waals surface area contributed by atoms with Crippen LogP contribution in [0.3, 0.4) is 0 Å². The van der Waals surface area contributed by atoms with Crippen LogP contribution in [0.1, 0.15) is 5.56 Å². The van der Waals surface area contributed by atoms with Crippen molar-refractivity contribution >= 4 is 22.5 Å². The molecule has 0 fully saturated rings. The molecule has 0 atom stereocenters. The highest BCUT2D eigenvalue weighted by Gasteiger charge is 2.15. The van der Waals surface area contributed by atoms with Crippen molar-refractivity contribution < 1.29 is 9.47 Å². The van der Waals surface area contributed by atoms with Crippen molar-refractivity contribution in [1.82, 2.24) is 19.5 Å². The van der Waals surface area contributed by atoms with Gasteiger partial charge in [-0.1, -0.05) is 0 Å². The van der Waals surface area contributed by atoms with E-state index < -0.39 is 0 Å². The Hall–Kier alpha value is -4.14. The first-order chi connectivity index (χ1) is 15.5. The number of ether oxygens (including phenoxy) is 2. The fourth-order valence-electron chi connectivity index (χ4n) is 3.40. The normalized spacial score (nSPS) is 10.8. The lowest BCUT2D eigenvalue weighted by atomic mass is 10.1. The number of anilines is 2. The minimum Gasteiger partial charge on any atom is -0.493 e. The van der Waals surface area contributed by atoms with Crippen molar-refractivity contribution in [2.24, 2.45) is 7.05 Å². The van der Waals surface area contributed by atoms with Crippen molar-refractivity contribution in [3.05, 3.63) is 64.8 Å². The molecular weight excluding hydrogens is 408 g/mol. The third kappa shape index (κ3) is 4.04. The third-order valence-corrected chi connectivity index (χ3v) is 5.12. The quantitative estimate of drug-likeness (QED) is 0.459. The topological polar surface area (TPSA) is 103 Å². The Morgan fingerprint density at radius 1 is 1.03 bits per heavy atom. The number of rotatable bonds is 7. The van der Waals surface area contributed by atoms with Crippen LogP contribution in [0.15, 0.2) is 53.7 Å². The summed E-state index contributed by atoms with van der Waals surface area (Å²) in [4.78, 5) is 26.3. The van der Waals surface area contributed by atoms with E-state index in [0.717, 1.165) is 16.9 Å². The highest BCUT2D eigenvalue weighted by atomic mass is 16.5. The predicted molar refractivity (Wildman–Crippen MR) is 124 cm³/mol.